The van der Waals surface area contributed by atoms with Gasteiger partial charge >= 0.3 is 11.9 Å². The van der Waals surface area contributed by atoms with Gasteiger partial charge in [0.15, 0.2) is 11.7 Å². The summed E-state index contributed by atoms with van der Waals surface area (Å²) in [5, 5.41) is 0. The number of rotatable bonds is 11. The standard InChI is InChI=1S/C22H30O6/c1-5-25-19(26-6-2)17-22(20(23)27-7-3,21(24)28-8-4)16-12-15-18-13-10-9-11-14-18/h9-11,13-14,19H,5-8,16-17H2,1-4H3. The summed E-state index contributed by atoms with van der Waals surface area (Å²) in [4.78, 5) is 25.7. The van der Waals surface area contributed by atoms with Gasteiger partial charge < -0.3 is 18.9 Å². The fraction of sp³-hybridized carbons (Fsp3) is 0.545. The third-order valence-electron chi connectivity index (χ3n) is 3.95. The summed E-state index contributed by atoms with van der Waals surface area (Å²) < 4.78 is 21.6. The largest absolute Gasteiger partial charge is 0.465 e. The zero-order chi connectivity index (χ0) is 20.8. The molecular weight excluding hydrogens is 360 g/mol. The number of ether oxygens (including phenoxy) is 4. The Labute approximate surface area is 167 Å². The van der Waals surface area contributed by atoms with Gasteiger partial charge in [-0.15, -0.1) is 0 Å². The van der Waals surface area contributed by atoms with Crippen molar-refractivity contribution in [3.8, 4) is 11.8 Å². The van der Waals surface area contributed by atoms with E-state index in [1.807, 2.05) is 44.2 Å². The van der Waals surface area contributed by atoms with E-state index in [-0.39, 0.29) is 26.1 Å². The molecule has 0 aliphatic carbocycles. The Morgan fingerprint density at radius 3 is 1.89 bits per heavy atom. The van der Waals surface area contributed by atoms with Gasteiger partial charge in [0.25, 0.3) is 0 Å². The molecule has 0 bridgehead atoms. The van der Waals surface area contributed by atoms with E-state index in [9.17, 15) is 9.59 Å². The summed E-state index contributed by atoms with van der Waals surface area (Å²) >= 11 is 0. The Hall–Kier alpha value is -2.36. The first-order chi connectivity index (χ1) is 13.5. The van der Waals surface area contributed by atoms with Crippen molar-refractivity contribution in [3.63, 3.8) is 0 Å². The van der Waals surface area contributed by atoms with E-state index in [0.29, 0.717) is 13.2 Å². The van der Waals surface area contributed by atoms with Crippen molar-refractivity contribution in [2.75, 3.05) is 26.4 Å². The molecule has 6 heteroatoms. The maximum absolute atomic E-state index is 12.9. The topological polar surface area (TPSA) is 71.1 Å². The van der Waals surface area contributed by atoms with Crippen molar-refractivity contribution < 1.29 is 28.5 Å². The molecule has 28 heavy (non-hydrogen) atoms. The molecule has 154 valence electrons. The third kappa shape index (κ3) is 6.99. The van der Waals surface area contributed by atoms with Crippen molar-refractivity contribution in [2.45, 2.75) is 46.8 Å². The lowest BCUT2D eigenvalue weighted by Gasteiger charge is -2.30. The number of hydrogen-bond acceptors (Lipinski definition) is 6. The summed E-state index contributed by atoms with van der Waals surface area (Å²) in [5.74, 6) is 4.57. The molecule has 0 radical (unpaired) electrons. The highest BCUT2D eigenvalue weighted by atomic mass is 16.7. The minimum atomic E-state index is -1.62. The van der Waals surface area contributed by atoms with Crippen LogP contribution >= 0.6 is 0 Å². The van der Waals surface area contributed by atoms with E-state index < -0.39 is 23.6 Å². The fourth-order valence-corrected chi connectivity index (χ4v) is 2.65. The predicted octanol–water partition coefficient (Wildman–Crippen LogP) is 3.33. The number of esters is 2. The van der Waals surface area contributed by atoms with Crippen molar-refractivity contribution in [3.05, 3.63) is 35.9 Å². The van der Waals surface area contributed by atoms with E-state index in [4.69, 9.17) is 18.9 Å². The molecule has 0 aromatic heterocycles. The summed E-state index contributed by atoms with van der Waals surface area (Å²) in [7, 11) is 0. The van der Waals surface area contributed by atoms with Crippen LogP contribution in [0.4, 0.5) is 0 Å². The van der Waals surface area contributed by atoms with Gasteiger partial charge in [0.2, 0.25) is 0 Å². The molecule has 6 nitrogen and oxygen atoms in total. The van der Waals surface area contributed by atoms with Crippen molar-refractivity contribution in [1.29, 1.82) is 0 Å². The zero-order valence-corrected chi connectivity index (χ0v) is 17.2. The Morgan fingerprint density at radius 2 is 1.43 bits per heavy atom. The highest BCUT2D eigenvalue weighted by Crippen LogP contribution is 2.33. The molecule has 0 heterocycles. The second-order valence-electron chi connectivity index (χ2n) is 5.91. The molecule has 0 unspecified atom stereocenters. The van der Waals surface area contributed by atoms with Crippen LogP contribution in [0.15, 0.2) is 30.3 Å². The van der Waals surface area contributed by atoms with Crippen LogP contribution in [0.3, 0.4) is 0 Å². The monoisotopic (exact) mass is 390 g/mol. The number of carbonyl (C=O) groups excluding carboxylic acids is 2. The highest BCUT2D eigenvalue weighted by Gasteiger charge is 2.50. The lowest BCUT2D eigenvalue weighted by molar-refractivity contribution is -0.190. The molecule has 1 aromatic rings. The predicted molar refractivity (Wildman–Crippen MR) is 105 cm³/mol. The van der Waals surface area contributed by atoms with Crippen molar-refractivity contribution in [2.24, 2.45) is 5.41 Å². The van der Waals surface area contributed by atoms with Crippen molar-refractivity contribution in [1.82, 2.24) is 0 Å². The number of benzene rings is 1. The zero-order valence-electron chi connectivity index (χ0n) is 17.2. The Balaban J connectivity index is 3.27. The fourth-order valence-electron chi connectivity index (χ4n) is 2.65. The lowest BCUT2D eigenvalue weighted by atomic mass is 9.80. The van der Waals surface area contributed by atoms with E-state index in [1.54, 1.807) is 13.8 Å². The van der Waals surface area contributed by atoms with E-state index >= 15 is 0 Å². The van der Waals surface area contributed by atoms with Gasteiger partial charge in [0.1, 0.15) is 0 Å². The summed E-state index contributed by atoms with van der Waals surface area (Å²) in [6, 6.07) is 9.34. The van der Waals surface area contributed by atoms with E-state index in [1.165, 1.54) is 0 Å². The first-order valence-corrected chi connectivity index (χ1v) is 9.65. The second kappa shape index (κ2) is 12.9. The number of hydrogen-bond donors (Lipinski definition) is 0. The van der Waals surface area contributed by atoms with Gasteiger partial charge in [-0.25, -0.2) is 0 Å². The van der Waals surface area contributed by atoms with E-state index in [2.05, 4.69) is 11.8 Å². The molecule has 0 atom stereocenters. The molecule has 0 aliphatic rings. The first-order valence-electron chi connectivity index (χ1n) is 9.65. The van der Waals surface area contributed by atoms with Crippen LogP contribution in [0.25, 0.3) is 0 Å². The van der Waals surface area contributed by atoms with Crippen LogP contribution in [-0.2, 0) is 28.5 Å². The molecule has 1 rings (SSSR count). The van der Waals surface area contributed by atoms with Gasteiger partial charge in [-0.1, -0.05) is 30.0 Å². The van der Waals surface area contributed by atoms with E-state index in [0.717, 1.165) is 5.56 Å². The first kappa shape index (κ1) is 23.7. The van der Waals surface area contributed by atoms with Crippen LogP contribution in [0.1, 0.15) is 46.1 Å². The van der Waals surface area contributed by atoms with Gasteiger partial charge in [0, 0.05) is 31.6 Å². The molecule has 0 N–H and O–H groups in total. The van der Waals surface area contributed by atoms with Crippen LogP contribution in [0.2, 0.25) is 0 Å². The Morgan fingerprint density at radius 1 is 0.893 bits per heavy atom. The summed E-state index contributed by atoms with van der Waals surface area (Å²) in [6.07, 6.45) is -0.839. The molecule has 1 aromatic carbocycles. The summed E-state index contributed by atoms with van der Waals surface area (Å²) in [6.45, 7) is 8.04. The third-order valence-corrected chi connectivity index (χ3v) is 3.95. The second-order valence-corrected chi connectivity index (χ2v) is 5.91. The molecule has 0 saturated carbocycles. The quantitative estimate of drug-likeness (QED) is 0.250. The molecule has 0 spiro atoms. The SMILES string of the molecule is CCOC(=O)C(CC#Cc1ccccc1)(CC(OCC)OCC)C(=O)OCC. The number of carbonyl (C=O) groups is 2. The van der Waals surface area contributed by atoms with Gasteiger partial charge in [-0.3, -0.25) is 9.59 Å². The van der Waals surface area contributed by atoms with Crippen LogP contribution in [-0.4, -0.2) is 44.7 Å². The minimum Gasteiger partial charge on any atom is -0.465 e. The molecule has 0 fully saturated rings. The maximum Gasteiger partial charge on any atom is 0.324 e. The Bertz CT molecular complexity index is 635. The average Bonchev–Trinajstić information content (AvgIpc) is 2.68. The molecule has 0 saturated heterocycles. The molecule has 0 amide bonds. The molecular formula is C22H30O6. The normalized spacial score (nSPS) is 10.9. The minimum absolute atomic E-state index is 0.0319. The van der Waals surface area contributed by atoms with Gasteiger partial charge in [0.05, 0.1) is 13.2 Å². The van der Waals surface area contributed by atoms with Crippen molar-refractivity contribution >= 4 is 11.9 Å². The van der Waals surface area contributed by atoms with Gasteiger partial charge in [-0.05, 0) is 39.8 Å². The maximum atomic E-state index is 12.9. The highest BCUT2D eigenvalue weighted by molar-refractivity contribution is 6.00. The summed E-state index contributed by atoms with van der Waals surface area (Å²) in [5.41, 5.74) is -0.835. The van der Waals surface area contributed by atoms with Gasteiger partial charge in [-0.2, -0.15) is 0 Å². The van der Waals surface area contributed by atoms with Crippen LogP contribution in [0.5, 0.6) is 0 Å². The average molecular weight is 390 g/mol. The van der Waals surface area contributed by atoms with Crippen LogP contribution in [0, 0.1) is 17.3 Å². The van der Waals surface area contributed by atoms with Crippen LogP contribution < -0.4 is 0 Å². The Kier molecular flexibility index (Phi) is 10.9. The molecule has 0 aliphatic heterocycles. The smallest absolute Gasteiger partial charge is 0.324 e. The lowest BCUT2D eigenvalue weighted by Crippen LogP contribution is -2.45.